The number of ether oxygens (including phenoxy) is 1. The third-order valence-corrected chi connectivity index (χ3v) is 12.7. The Bertz CT molecular complexity index is 2050. The normalized spacial score (nSPS) is 28.6. The second kappa shape index (κ2) is 14.3. The van der Waals surface area contributed by atoms with Gasteiger partial charge in [-0.15, -0.1) is 6.58 Å². The van der Waals surface area contributed by atoms with E-state index in [0.29, 0.717) is 25.0 Å². The summed E-state index contributed by atoms with van der Waals surface area (Å²) in [4.78, 5) is 62.9. The molecule has 14 heteroatoms. The van der Waals surface area contributed by atoms with E-state index in [-0.39, 0.29) is 26.0 Å². The number of rotatable bonds is 6. The molecular formula is C40H47N5O8S. The molecule has 5 aliphatic rings. The van der Waals surface area contributed by atoms with Crippen LogP contribution in [0.15, 0.2) is 66.4 Å². The van der Waals surface area contributed by atoms with Crippen LogP contribution in [0.3, 0.4) is 0 Å². The minimum Gasteiger partial charge on any atom is -0.450 e. The Kier molecular flexibility index (Phi) is 9.92. The van der Waals surface area contributed by atoms with Gasteiger partial charge in [-0.2, -0.15) is 0 Å². The Hall–Kier alpha value is -4.98. The number of cyclic esters (lactones) is 1. The topological polar surface area (TPSA) is 173 Å². The predicted octanol–water partition coefficient (Wildman–Crippen LogP) is 4.41. The molecule has 286 valence electrons. The SMILES string of the molecule is C=C[C@@H]1CC1(NC(=O)C1CC2CN1C(=O)[C@H](C(C)(C)C)NC(=O)OCCCC/C=C/c1ccc3c(c1)/C(=N/O2)c1ccccc1-3)C(=O)NS(=O)(=O)C1CC1. The summed E-state index contributed by atoms with van der Waals surface area (Å²) in [7, 11) is -3.90. The highest BCUT2D eigenvalue weighted by atomic mass is 32.2. The van der Waals surface area contributed by atoms with Gasteiger partial charge >= 0.3 is 6.09 Å². The van der Waals surface area contributed by atoms with Crippen LogP contribution >= 0.6 is 0 Å². The van der Waals surface area contributed by atoms with Crippen LogP contribution in [-0.2, 0) is 34.0 Å². The molecule has 4 amide bonds. The Labute approximate surface area is 315 Å². The van der Waals surface area contributed by atoms with Crippen LogP contribution in [0.4, 0.5) is 4.79 Å². The van der Waals surface area contributed by atoms with E-state index in [1.165, 1.54) is 11.0 Å². The van der Waals surface area contributed by atoms with Crippen molar-refractivity contribution in [2.75, 3.05) is 13.2 Å². The number of hydrogen-bond acceptors (Lipinski definition) is 9. The molecular weight excluding hydrogens is 711 g/mol. The summed E-state index contributed by atoms with van der Waals surface area (Å²) in [6, 6.07) is 11.9. The molecule has 5 atom stereocenters. The summed E-state index contributed by atoms with van der Waals surface area (Å²) >= 11 is 0. The number of benzene rings is 2. The fourth-order valence-electron chi connectivity index (χ4n) is 7.50. The van der Waals surface area contributed by atoms with E-state index in [1.807, 2.05) is 24.3 Å². The highest BCUT2D eigenvalue weighted by Gasteiger charge is 2.62. The van der Waals surface area contributed by atoms with Crippen molar-refractivity contribution in [1.82, 2.24) is 20.3 Å². The summed E-state index contributed by atoms with van der Waals surface area (Å²) in [5.41, 5.74) is 3.10. The molecule has 3 unspecified atom stereocenters. The monoisotopic (exact) mass is 757 g/mol. The smallest absolute Gasteiger partial charge is 0.407 e. The second-order valence-corrected chi connectivity index (χ2v) is 17.9. The van der Waals surface area contributed by atoms with Gasteiger partial charge in [0.05, 0.1) is 18.4 Å². The van der Waals surface area contributed by atoms with Gasteiger partial charge < -0.3 is 25.1 Å². The summed E-state index contributed by atoms with van der Waals surface area (Å²) in [5.74, 6) is -2.55. The lowest BCUT2D eigenvalue weighted by molar-refractivity contribution is -0.143. The van der Waals surface area contributed by atoms with Crippen LogP contribution in [-0.4, -0.2) is 85.0 Å². The van der Waals surface area contributed by atoms with E-state index >= 15 is 0 Å². The van der Waals surface area contributed by atoms with Crippen LogP contribution in [0.2, 0.25) is 0 Å². The Morgan fingerprint density at radius 1 is 1.06 bits per heavy atom. The highest BCUT2D eigenvalue weighted by Crippen LogP contribution is 2.46. The first-order chi connectivity index (χ1) is 25.7. The van der Waals surface area contributed by atoms with Gasteiger partial charge in [0.25, 0.3) is 5.91 Å². The Morgan fingerprint density at radius 2 is 1.80 bits per heavy atom. The number of carbonyl (C=O) groups excluding carboxylic acids is 4. The average Bonchev–Trinajstić information content (AvgIpc) is 4.04. The quantitative estimate of drug-likeness (QED) is 0.311. The van der Waals surface area contributed by atoms with Gasteiger partial charge in [0.15, 0.2) is 0 Å². The highest BCUT2D eigenvalue weighted by molar-refractivity contribution is 7.91. The number of amides is 4. The van der Waals surface area contributed by atoms with Gasteiger partial charge in [0.2, 0.25) is 21.8 Å². The van der Waals surface area contributed by atoms with Gasteiger partial charge in [-0.3, -0.25) is 19.1 Å². The fraction of sp³-hybridized carbons (Fsp3) is 0.475. The van der Waals surface area contributed by atoms with Crippen LogP contribution < -0.4 is 15.4 Å². The Balaban J connectivity index is 1.22. The molecule has 2 aromatic carbocycles. The number of fused-ring (bicyclic) bond motifs is 6. The summed E-state index contributed by atoms with van der Waals surface area (Å²) in [5, 5.41) is 9.57. The summed E-state index contributed by atoms with van der Waals surface area (Å²) < 4.78 is 33.1. The van der Waals surface area contributed by atoms with Gasteiger partial charge in [-0.25, -0.2) is 13.2 Å². The molecule has 13 nitrogen and oxygen atoms in total. The number of nitrogens with zero attached hydrogens (tertiary/aromatic N) is 2. The lowest BCUT2D eigenvalue weighted by atomic mass is 9.85. The molecule has 2 aliphatic heterocycles. The van der Waals surface area contributed by atoms with Crippen molar-refractivity contribution < 1.29 is 37.2 Å². The van der Waals surface area contributed by atoms with Gasteiger partial charge in [0, 0.05) is 23.5 Å². The zero-order valence-electron chi connectivity index (χ0n) is 30.8. The molecule has 3 fully saturated rings. The largest absolute Gasteiger partial charge is 0.450 e. The van der Waals surface area contributed by atoms with Gasteiger partial charge in [-0.05, 0) is 66.7 Å². The third kappa shape index (κ3) is 7.40. The standard InChI is InChI=1S/C40H47N5O8S/c1-5-25-22-40(25,37(48)44-54(50,51)27-16-17-27)42-35(46)32-21-26-23-45(32)36(47)34(39(2,3)4)41-38(49)52-19-11-7-6-8-12-24-15-18-29-28-13-9-10-14-30(28)33(43-53-26)31(29)20-24/h5,8-10,12-15,18,20,25-27,32,34H,1,6-7,11,16-17,19,21-23H2,2-4H3,(H,41,49)(H,42,46)(H,44,48)/b12-8+,43-33+/t25-,26?,32?,34-,40?/m1/s1. The Morgan fingerprint density at radius 3 is 2.50 bits per heavy atom. The van der Waals surface area contributed by atoms with Crippen molar-refractivity contribution in [1.29, 1.82) is 0 Å². The number of carbonyl (C=O) groups is 4. The lowest BCUT2D eigenvalue weighted by Gasteiger charge is -2.35. The zero-order chi connectivity index (χ0) is 38.4. The second-order valence-electron chi connectivity index (χ2n) is 15.9. The summed E-state index contributed by atoms with van der Waals surface area (Å²) in [6.07, 6.45) is 7.43. The first-order valence-corrected chi connectivity index (χ1v) is 20.2. The molecule has 2 aromatic rings. The minimum absolute atomic E-state index is 0.0176. The maximum Gasteiger partial charge on any atom is 0.407 e. The molecule has 7 rings (SSSR count). The van der Waals surface area contributed by atoms with Crippen molar-refractivity contribution in [2.24, 2.45) is 16.5 Å². The first kappa shape index (κ1) is 37.3. The van der Waals surface area contributed by atoms with E-state index in [9.17, 15) is 27.6 Å². The molecule has 0 spiro atoms. The van der Waals surface area contributed by atoms with Gasteiger partial charge in [-0.1, -0.05) is 80.6 Å². The molecule has 3 aliphatic carbocycles. The third-order valence-electron chi connectivity index (χ3n) is 10.8. The van der Waals surface area contributed by atoms with Crippen LogP contribution in [0, 0.1) is 11.3 Å². The molecule has 3 N–H and O–H groups in total. The number of sulfonamides is 1. The average molecular weight is 758 g/mol. The molecule has 4 bridgehead atoms. The summed E-state index contributed by atoms with van der Waals surface area (Å²) in [6.45, 7) is 9.30. The van der Waals surface area contributed by atoms with E-state index in [1.54, 1.807) is 20.8 Å². The van der Waals surface area contributed by atoms with E-state index < -0.39 is 74.1 Å². The molecule has 2 saturated carbocycles. The van der Waals surface area contributed by atoms with Crippen LogP contribution in [0.1, 0.15) is 82.4 Å². The van der Waals surface area contributed by atoms with Crippen molar-refractivity contribution in [3.63, 3.8) is 0 Å². The number of hydrogen-bond donors (Lipinski definition) is 3. The first-order valence-electron chi connectivity index (χ1n) is 18.6. The number of oxime groups is 1. The predicted molar refractivity (Wildman–Crippen MR) is 202 cm³/mol. The lowest BCUT2D eigenvalue weighted by Crippen LogP contribution is -2.60. The van der Waals surface area contributed by atoms with Crippen molar-refractivity contribution in [2.45, 2.75) is 94.7 Å². The number of allylic oxidation sites excluding steroid dienone is 1. The maximum atomic E-state index is 14.5. The van der Waals surface area contributed by atoms with E-state index in [4.69, 9.17) is 9.57 Å². The molecule has 0 radical (unpaired) electrons. The minimum atomic E-state index is -3.90. The number of alkyl carbamates (subject to hydrolysis) is 1. The maximum absolute atomic E-state index is 14.5. The van der Waals surface area contributed by atoms with Crippen LogP contribution in [0.25, 0.3) is 17.2 Å². The molecule has 2 heterocycles. The van der Waals surface area contributed by atoms with E-state index in [0.717, 1.165) is 40.7 Å². The van der Waals surface area contributed by atoms with Crippen molar-refractivity contribution in [3.8, 4) is 11.1 Å². The zero-order valence-corrected chi connectivity index (χ0v) is 31.6. The molecule has 1 saturated heterocycles. The molecule has 0 aromatic heterocycles. The van der Waals surface area contributed by atoms with Crippen LogP contribution in [0.5, 0.6) is 0 Å². The van der Waals surface area contributed by atoms with Crippen molar-refractivity contribution >= 4 is 45.6 Å². The fourth-order valence-corrected chi connectivity index (χ4v) is 8.86. The molecule has 54 heavy (non-hydrogen) atoms. The van der Waals surface area contributed by atoms with Crippen molar-refractivity contribution in [3.05, 3.63) is 77.9 Å². The number of nitrogens with one attached hydrogen (secondary N) is 3. The van der Waals surface area contributed by atoms with Gasteiger partial charge in [0.1, 0.15) is 29.4 Å². The van der Waals surface area contributed by atoms with E-state index in [2.05, 4.69) is 57.4 Å².